The summed E-state index contributed by atoms with van der Waals surface area (Å²) in [6.45, 7) is 1.82. The van der Waals surface area contributed by atoms with E-state index in [1.807, 2.05) is 19.2 Å². The maximum atomic E-state index is 5.84. The monoisotopic (exact) mass is 226 g/mol. The summed E-state index contributed by atoms with van der Waals surface area (Å²) in [6.07, 6.45) is 4.42. The van der Waals surface area contributed by atoms with Crippen molar-refractivity contribution in [1.82, 2.24) is 4.98 Å². The number of ether oxygens (including phenoxy) is 1. The van der Waals surface area contributed by atoms with Crippen LogP contribution in [0.15, 0.2) is 18.3 Å². The van der Waals surface area contributed by atoms with Crippen LogP contribution in [0.2, 0.25) is 5.15 Å². The molecule has 0 amide bonds. The van der Waals surface area contributed by atoms with E-state index in [0.29, 0.717) is 11.3 Å². The minimum absolute atomic E-state index is 0.363. The van der Waals surface area contributed by atoms with Crippen LogP contribution in [0.5, 0.6) is 0 Å². The highest BCUT2D eigenvalue weighted by molar-refractivity contribution is 6.29. The molecule has 0 aromatic carbocycles. The molecule has 1 aliphatic heterocycles. The third-order valence-electron chi connectivity index (χ3n) is 2.65. The Labute approximate surface area is 95.0 Å². The minimum atomic E-state index is 0.363. The van der Waals surface area contributed by atoms with E-state index in [0.717, 1.165) is 25.3 Å². The Kier molecular flexibility index (Phi) is 3.44. The third kappa shape index (κ3) is 2.83. The topological polar surface area (TPSA) is 25.4 Å². The molecule has 3 nitrogen and oxygen atoms in total. The predicted molar refractivity (Wildman–Crippen MR) is 61.5 cm³/mol. The molecular formula is C11H15ClN2O. The molecular weight excluding hydrogens is 212 g/mol. The zero-order valence-corrected chi connectivity index (χ0v) is 9.57. The number of hydrogen-bond acceptors (Lipinski definition) is 3. The summed E-state index contributed by atoms with van der Waals surface area (Å²) in [5.74, 6) is 0. The molecule has 1 fully saturated rings. The van der Waals surface area contributed by atoms with Gasteiger partial charge in [0.05, 0.1) is 6.10 Å². The second kappa shape index (κ2) is 4.81. The summed E-state index contributed by atoms with van der Waals surface area (Å²) in [7, 11) is 2.05. The van der Waals surface area contributed by atoms with Crippen LogP contribution < -0.4 is 4.90 Å². The molecule has 1 aromatic heterocycles. The molecule has 0 saturated carbocycles. The standard InChI is InChI=1S/C11H15ClN2O/c1-14(8-10-3-2-6-15-10)9-4-5-13-11(12)7-9/h4-5,7,10H,2-3,6,8H2,1H3. The Hall–Kier alpha value is -0.800. The summed E-state index contributed by atoms with van der Waals surface area (Å²) in [4.78, 5) is 6.12. The molecule has 82 valence electrons. The Balaban J connectivity index is 1.97. The van der Waals surface area contributed by atoms with Crippen LogP contribution in [-0.2, 0) is 4.74 Å². The van der Waals surface area contributed by atoms with E-state index >= 15 is 0 Å². The van der Waals surface area contributed by atoms with E-state index in [2.05, 4.69) is 9.88 Å². The Bertz CT molecular complexity index is 326. The van der Waals surface area contributed by atoms with Gasteiger partial charge in [0, 0.05) is 32.1 Å². The average molecular weight is 227 g/mol. The van der Waals surface area contributed by atoms with E-state index in [-0.39, 0.29) is 0 Å². The van der Waals surface area contributed by atoms with Gasteiger partial charge in [-0.2, -0.15) is 0 Å². The van der Waals surface area contributed by atoms with E-state index in [1.165, 1.54) is 6.42 Å². The zero-order valence-electron chi connectivity index (χ0n) is 8.82. The fourth-order valence-corrected chi connectivity index (χ4v) is 2.00. The van der Waals surface area contributed by atoms with E-state index in [9.17, 15) is 0 Å². The molecule has 0 aliphatic carbocycles. The largest absolute Gasteiger partial charge is 0.376 e. The molecule has 1 saturated heterocycles. The lowest BCUT2D eigenvalue weighted by Gasteiger charge is -2.22. The molecule has 2 heterocycles. The van der Waals surface area contributed by atoms with Crippen molar-refractivity contribution in [2.24, 2.45) is 0 Å². The lowest BCUT2D eigenvalue weighted by atomic mass is 10.2. The first kappa shape index (κ1) is 10.7. The lowest BCUT2D eigenvalue weighted by molar-refractivity contribution is 0.116. The highest BCUT2D eigenvalue weighted by Gasteiger charge is 2.17. The van der Waals surface area contributed by atoms with Crippen molar-refractivity contribution in [2.75, 3.05) is 25.1 Å². The van der Waals surface area contributed by atoms with Gasteiger partial charge in [-0.1, -0.05) is 11.6 Å². The molecule has 0 spiro atoms. The number of likely N-dealkylation sites (N-methyl/N-ethyl adjacent to an activating group) is 1. The van der Waals surface area contributed by atoms with Crippen molar-refractivity contribution < 1.29 is 4.74 Å². The Morgan fingerprint density at radius 3 is 3.20 bits per heavy atom. The molecule has 0 N–H and O–H groups in total. The first-order chi connectivity index (χ1) is 7.25. The smallest absolute Gasteiger partial charge is 0.131 e. The van der Waals surface area contributed by atoms with Gasteiger partial charge in [0.1, 0.15) is 5.15 Å². The number of rotatable bonds is 3. The number of aromatic nitrogens is 1. The number of halogens is 1. The molecule has 15 heavy (non-hydrogen) atoms. The van der Waals surface area contributed by atoms with Gasteiger partial charge in [-0.15, -0.1) is 0 Å². The Morgan fingerprint density at radius 2 is 2.53 bits per heavy atom. The van der Waals surface area contributed by atoms with Crippen LogP contribution in [0, 0.1) is 0 Å². The first-order valence-electron chi connectivity index (χ1n) is 5.20. The minimum Gasteiger partial charge on any atom is -0.376 e. The molecule has 1 aliphatic rings. The molecule has 1 aromatic rings. The fourth-order valence-electron chi connectivity index (χ4n) is 1.83. The maximum absolute atomic E-state index is 5.84. The highest BCUT2D eigenvalue weighted by Crippen LogP contribution is 2.19. The second-order valence-corrected chi connectivity index (χ2v) is 4.24. The van der Waals surface area contributed by atoms with Gasteiger partial charge in [0.25, 0.3) is 0 Å². The SMILES string of the molecule is CN(CC1CCCO1)c1ccnc(Cl)c1. The highest BCUT2D eigenvalue weighted by atomic mass is 35.5. The summed E-state index contributed by atoms with van der Waals surface area (Å²) in [6, 6.07) is 3.83. The molecule has 4 heteroatoms. The van der Waals surface area contributed by atoms with Crippen LogP contribution in [-0.4, -0.2) is 31.3 Å². The van der Waals surface area contributed by atoms with Crippen LogP contribution >= 0.6 is 11.6 Å². The molecule has 2 rings (SSSR count). The summed E-state index contributed by atoms with van der Waals surface area (Å²) in [5.41, 5.74) is 1.09. The van der Waals surface area contributed by atoms with Crippen molar-refractivity contribution in [3.63, 3.8) is 0 Å². The van der Waals surface area contributed by atoms with Crippen LogP contribution in [0.3, 0.4) is 0 Å². The molecule has 0 bridgehead atoms. The number of nitrogens with zero attached hydrogens (tertiary/aromatic N) is 2. The van der Waals surface area contributed by atoms with Crippen molar-refractivity contribution in [3.05, 3.63) is 23.5 Å². The Morgan fingerprint density at radius 1 is 1.67 bits per heavy atom. The van der Waals surface area contributed by atoms with Crippen molar-refractivity contribution in [3.8, 4) is 0 Å². The van der Waals surface area contributed by atoms with Crippen LogP contribution in [0.25, 0.3) is 0 Å². The first-order valence-corrected chi connectivity index (χ1v) is 5.58. The van der Waals surface area contributed by atoms with Gasteiger partial charge in [-0.3, -0.25) is 0 Å². The van der Waals surface area contributed by atoms with Crippen molar-refractivity contribution >= 4 is 17.3 Å². The summed E-state index contributed by atoms with van der Waals surface area (Å²) < 4.78 is 5.59. The molecule has 0 radical (unpaired) electrons. The van der Waals surface area contributed by atoms with Gasteiger partial charge in [0.2, 0.25) is 0 Å². The number of pyridine rings is 1. The van der Waals surface area contributed by atoms with E-state index in [1.54, 1.807) is 6.20 Å². The van der Waals surface area contributed by atoms with Gasteiger partial charge in [0.15, 0.2) is 0 Å². The number of anilines is 1. The van der Waals surface area contributed by atoms with Crippen LogP contribution in [0.4, 0.5) is 5.69 Å². The second-order valence-electron chi connectivity index (χ2n) is 3.85. The number of hydrogen-bond donors (Lipinski definition) is 0. The quantitative estimate of drug-likeness (QED) is 0.740. The van der Waals surface area contributed by atoms with E-state index in [4.69, 9.17) is 16.3 Å². The summed E-state index contributed by atoms with van der Waals surface area (Å²) in [5, 5.41) is 0.534. The summed E-state index contributed by atoms with van der Waals surface area (Å²) >= 11 is 5.84. The van der Waals surface area contributed by atoms with Crippen molar-refractivity contribution in [1.29, 1.82) is 0 Å². The molecule has 1 unspecified atom stereocenters. The fraction of sp³-hybridized carbons (Fsp3) is 0.545. The van der Waals surface area contributed by atoms with Crippen LogP contribution in [0.1, 0.15) is 12.8 Å². The predicted octanol–water partition coefficient (Wildman–Crippen LogP) is 2.35. The van der Waals surface area contributed by atoms with Crippen molar-refractivity contribution in [2.45, 2.75) is 18.9 Å². The normalized spacial score (nSPS) is 20.5. The third-order valence-corrected chi connectivity index (χ3v) is 2.86. The van der Waals surface area contributed by atoms with Gasteiger partial charge < -0.3 is 9.64 Å². The van der Waals surface area contributed by atoms with Gasteiger partial charge >= 0.3 is 0 Å². The zero-order chi connectivity index (χ0) is 10.7. The average Bonchev–Trinajstić information content (AvgIpc) is 2.70. The van der Waals surface area contributed by atoms with E-state index < -0.39 is 0 Å². The van der Waals surface area contributed by atoms with Gasteiger partial charge in [-0.05, 0) is 25.0 Å². The van der Waals surface area contributed by atoms with Gasteiger partial charge in [-0.25, -0.2) is 4.98 Å². The molecule has 1 atom stereocenters. The lowest BCUT2D eigenvalue weighted by Crippen LogP contribution is -2.28. The maximum Gasteiger partial charge on any atom is 0.131 e.